The Balaban J connectivity index is 1.20. The van der Waals surface area contributed by atoms with Gasteiger partial charge in [0.1, 0.15) is 0 Å². The lowest BCUT2D eigenvalue weighted by atomic mass is 10.0. The zero-order chi connectivity index (χ0) is 33.7. The molecule has 10 aromatic rings. The largest absolute Gasteiger partial charge is 0.309 e. The van der Waals surface area contributed by atoms with Crippen LogP contribution in [0.2, 0.25) is 0 Å². The average Bonchev–Trinajstić information content (AvgIpc) is 3.53. The van der Waals surface area contributed by atoms with Gasteiger partial charge in [0.15, 0.2) is 17.5 Å². The smallest absolute Gasteiger partial charge is 0.164 e. The number of para-hydroxylation sites is 1. The van der Waals surface area contributed by atoms with Crippen molar-refractivity contribution in [3.63, 3.8) is 0 Å². The van der Waals surface area contributed by atoms with Crippen molar-refractivity contribution in [3.05, 3.63) is 182 Å². The van der Waals surface area contributed by atoms with E-state index < -0.39 is 0 Å². The van der Waals surface area contributed by atoms with Crippen molar-refractivity contribution in [2.24, 2.45) is 0 Å². The highest BCUT2D eigenvalue weighted by atomic mass is 15.0. The second-order valence-electron chi connectivity index (χ2n) is 12.9. The lowest BCUT2D eigenvalue weighted by Gasteiger charge is -2.15. The molecule has 8 aromatic carbocycles. The number of rotatable bonds is 5. The van der Waals surface area contributed by atoms with E-state index in [1.165, 1.54) is 32.6 Å². The summed E-state index contributed by atoms with van der Waals surface area (Å²) in [7, 11) is 0. The lowest BCUT2D eigenvalue weighted by Crippen LogP contribution is -2.02. The molecule has 4 heteroatoms. The fraction of sp³-hybridized carbons (Fsp3) is 0. The molecule has 0 saturated heterocycles. The van der Waals surface area contributed by atoms with E-state index in [-0.39, 0.29) is 0 Å². The standard InChI is InChI=1S/C47H30N4/c1-3-14-31(15-4-1)33-20-13-21-36(28-33)46-48-45(32-16-5-2-6-17-32)49-47(50-46)40-26-27-43(38-23-10-9-22-37(38)40)51-42-25-12-11-24-39(42)41-29-34-18-7-8-19-35(34)30-44(41)51/h1-30H. The van der Waals surface area contributed by atoms with Crippen molar-refractivity contribution in [2.45, 2.75) is 0 Å². The Morgan fingerprint density at radius 1 is 0.314 bits per heavy atom. The molecule has 0 spiro atoms. The maximum Gasteiger partial charge on any atom is 0.164 e. The number of fused-ring (bicyclic) bond motifs is 5. The number of hydrogen-bond acceptors (Lipinski definition) is 3. The monoisotopic (exact) mass is 650 g/mol. The minimum atomic E-state index is 0.638. The molecule has 0 amide bonds. The van der Waals surface area contributed by atoms with Gasteiger partial charge in [0.2, 0.25) is 0 Å². The third-order valence-corrected chi connectivity index (χ3v) is 9.82. The predicted molar refractivity (Wildman–Crippen MR) is 211 cm³/mol. The van der Waals surface area contributed by atoms with Crippen LogP contribution in [0.1, 0.15) is 0 Å². The minimum Gasteiger partial charge on any atom is -0.309 e. The van der Waals surface area contributed by atoms with Gasteiger partial charge >= 0.3 is 0 Å². The summed E-state index contributed by atoms with van der Waals surface area (Å²) in [6.45, 7) is 0. The van der Waals surface area contributed by atoms with Gasteiger partial charge < -0.3 is 4.57 Å². The van der Waals surface area contributed by atoms with Crippen LogP contribution in [0.3, 0.4) is 0 Å². The van der Waals surface area contributed by atoms with Crippen LogP contribution >= 0.6 is 0 Å². The molecular weight excluding hydrogens is 621 g/mol. The molecule has 238 valence electrons. The van der Waals surface area contributed by atoms with E-state index >= 15 is 0 Å². The SMILES string of the molecule is c1ccc(-c2cccc(-c3nc(-c4ccccc4)nc(-c4ccc(-n5c6ccccc6c6cc7ccccc7cc65)c5ccccc45)n3)c2)cc1. The van der Waals surface area contributed by atoms with Crippen LogP contribution in [0.25, 0.3) is 94.3 Å². The first-order valence-corrected chi connectivity index (χ1v) is 17.2. The lowest BCUT2D eigenvalue weighted by molar-refractivity contribution is 1.08. The highest BCUT2D eigenvalue weighted by molar-refractivity contribution is 6.15. The molecule has 2 heterocycles. The van der Waals surface area contributed by atoms with Gasteiger partial charge in [-0.1, -0.05) is 146 Å². The molecule has 0 aliphatic carbocycles. The summed E-state index contributed by atoms with van der Waals surface area (Å²) in [6, 6.07) is 63.9. The van der Waals surface area contributed by atoms with Crippen LogP contribution in [0, 0.1) is 0 Å². The van der Waals surface area contributed by atoms with Gasteiger partial charge in [-0.2, -0.15) is 0 Å². The second kappa shape index (κ2) is 11.9. The normalized spacial score (nSPS) is 11.5. The summed E-state index contributed by atoms with van der Waals surface area (Å²) in [4.78, 5) is 15.3. The summed E-state index contributed by atoms with van der Waals surface area (Å²) < 4.78 is 2.41. The molecule has 0 saturated carbocycles. The number of aromatic nitrogens is 4. The fourth-order valence-electron chi connectivity index (χ4n) is 7.40. The van der Waals surface area contributed by atoms with Crippen molar-refractivity contribution in [3.8, 4) is 51.0 Å². The van der Waals surface area contributed by atoms with Crippen LogP contribution in [-0.2, 0) is 0 Å². The molecule has 0 aliphatic rings. The second-order valence-corrected chi connectivity index (χ2v) is 12.9. The van der Waals surface area contributed by atoms with Crippen molar-refractivity contribution in [2.75, 3.05) is 0 Å². The average molecular weight is 651 g/mol. The highest BCUT2D eigenvalue weighted by Crippen LogP contribution is 2.39. The first-order chi connectivity index (χ1) is 25.3. The predicted octanol–water partition coefficient (Wildman–Crippen LogP) is 11.9. The molecule has 10 rings (SSSR count). The molecule has 0 fully saturated rings. The Morgan fingerprint density at radius 3 is 1.67 bits per heavy atom. The molecule has 51 heavy (non-hydrogen) atoms. The number of nitrogens with zero attached hydrogens (tertiary/aromatic N) is 4. The van der Waals surface area contributed by atoms with Gasteiger partial charge in [0.25, 0.3) is 0 Å². The molecule has 0 unspecified atom stereocenters. The topological polar surface area (TPSA) is 43.6 Å². The zero-order valence-corrected chi connectivity index (χ0v) is 27.6. The van der Waals surface area contributed by atoms with Crippen LogP contribution in [0.5, 0.6) is 0 Å². The van der Waals surface area contributed by atoms with E-state index in [0.717, 1.165) is 44.3 Å². The van der Waals surface area contributed by atoms with E-state index in [1.54, 1.807) is 0 Å². The Morgan fingerprint density at radius 2 is 0.882 bits per heavy atom. The first kappa shape index (κ1) is 29.0. The molecular formula is C47H30N4. The van der Waals surface area contributed by atoms with Gasteiger partial charge in [-0.25, -0.2) is 15.0 Å². The Hall–Kier alpha value is -6.91. The molecule has 0 radical (unpaired) electrons. The fourth-order valence-corrected chi connectivity index (χ4v) is 7.40. The van der Waals surface area contributed by atoms with Crippen LogP contribution in [0.15, 0.2) is 182 Å². The molecule has 0 N–H and O–H groups in total. The third-order valence-electron chi connectivity index (χ3n) is 9.82. The molecule has 4 nitrogen and oxygen atoms in total. The molecule has 0 aliphatic heterocycles. The quantitative estimate of drug-likeness (QED) is 0.186. The van der Waals surface area contributed by atoms with Gasteiger partial charge in [0, 0.05) is 32.8 Å². The number of hydrogen-bond donors (Lipinski definition) is 0. The molecule has 0 bridgehead atoms. The zero-order valence-electron chi connectivity index (χ0n) is 27.6. The van der Waals surface area contributed by atoms with Crippen molar-refractivity contribution in [1.29, 1.82) is 0 Å². The van der Waals surface area contributed by atoms with Gasteiger partial charge in [-0.3, -0.25) is 0 Å². The maximum atomic E-state index is 5.18. The summed E-state index contributed by atoms with van der Waals surface area (Å²) in [5.41, 5.74) is 8.58. The first-order valence-electron chi connectivity index (χ1n) is 17.2. The van der Waals surface area contributed by atoms with Crippen molar-refractivity contribution < 1.29 is 0 Å². The highest BCUT2D eigenvalue weighted by Gasteiger charge is 2.19. The summed E-state index contributed by atoms with van der Waals surface area (Å²) in [5, 5.41) is 7.14. The van der Waals surface area contributed by atoms with E-state index in [9.17, 15) is 0 Å². The van der Waals surface area contributed by atoms with Crippen LogP contribution in [0.4, 0.5) is 0 Å². The van der Waals surface area contributed by atoms with E-state index in [4.69, 9.17) is 15.0 Å². The van der Waals surface area contributed by atoms with Gasteiger partial charge in [-0.05, 0) is 63.7 Å². The van der Waals surface area contributed by atoms with Crippen molar-refractivity contribution in [1.82, 2.24) is 19.5 Å². The molecule has 0 atom stereocenters. The summed E-state index contributed by atoms with van der Waals surface area (Å²) in [6.07, 6.45) is 0. The van der Waals surface area contributed by atoms with Crippen LogP contribution < -0.4 is 0 Å². The number of benzene rings is 8. The summed E-state index contributed by atoms with van der Waals surface area (Å²) in [5.74, 6) is 1.92. The maximum absolute atomic E-state index is 5.18. The Labute approximate surface area is 295 Å². The van der Waals surface area contributed by atoms with Gasteiger partial charge in [-0.15, -0.1) is 0 Å². The van der Waals surface area contributed by atoms with Crippen molar-refractivity contribution >= 4 is 43.4 Å². The van der Waals surface area contributed by atoms with Crippen LogP contribution in [-0.4, -0.2) is 19.5 Å². The van der Waals surface area contributed by atoms with E-state index in [0.29, 0.717) is 17.5 Å². The Kier molecular flexibility index (Phi) is 6.78. The third kappa shape index (κ3) is 4.96. The van der Waals surface area contributed by atoms with E-state index in [1.807, 2.05) is 24.3 Å². The minimum absolute atomic E-state index is 0.638. The molecule has 2 aromatic heterocycles. The summed E-state index contributed by atoms with van der Waals surface area (Å²) >= 11 is 0. The Bertz CT molecular complexity index is 2910. The van der Waals surface area contributed by atoms with Gasteiger partial charge in [0.05, 0.1) is 16.7 Å². The van der Waals surface area contributed by atoms with E-state index in [2.05, 4.69) is 162 Å².